The van der Waals surface area contributed by atoms with Crippen LogP contribution in [-0.2, 0) is 10.8 Å². The van der Waals surface area contributed by atoms with E-state index in [0.717, 1.165) is 0 Å². The molecule has 0 bridgehead atoms. The Kier molecular flexibility index (Phi) is 5.32. The van der Waals surface area contributed by atoms with E-state index < -0.39 is 0 Å². The topological polar surface area (TPSA) is 0 Å². The van der Waals surface area contributed by atoms with Crippen LogP contribution in [-0.4, -0.2) is 0 Å². The molecular weight excluding hydrogens is 504 g/mol. The van der Waals surface area contributed by atoms with Gasteiger partial charge in [0.2, 0.25) is 0 Å². The van der Waals surface area contributed by atoms with Crippen molar-refractivity contribution in [2.45, 2.75) is 38.5 Å². The largest absolute Gasteiger partial charge is 0.0619 e. The molecule has 0 amide bonds. The molecule has 0 heteroatoms. The van der Waals surface area contributed by atoms with Gasteiger partial charge in [-0.25, -0.2) is 0 Å². The lowest BCUT2D eigenvalue weighted by Gasteiger charge is -2.22. The second kappa shape index (κ2) is 8.91. The van der Waals surface area contributed by atoms with Gasteiger partial charge in [0.05, 0.1) is 0 Å². The highest BCUT2D eigenvalue weighted by Crippen LogP contribution is 2.55. The lowest BCUT2D eigenvalue weighted by molar-refractivity contribution is 0.660. The Hall–Kier alpha value is -4.68. The molecule has 0 nitrogen and oxygen atoms in total. The maximum absolute atomic E-state index is 2.36. The number of benzene rings is 6. The van der Waals surface area contributed by atoms with Gasteiger partial charge in [0, 0.05) is 10.8 Å². The molecule has 0 spiro atoms. The minimum atomic E-state index is -0.0282. The molecule has 0 aromatic heterocycles. The molecule has 0 radical (unpaired) electrons. The van der Waals surface area contributed by atoms with Gasteiger partial charge in [0.15, 0.2) is 0 Å². The van der Waals surface area contributed by atoms with Crippen LogP contribution in [0.2, 0.25) is 0 Å². The van der Waals surface area contributed by atoms with Crippen LogP contribution < -0.4 is 0 Å². The highest BCUT2D eigenvalue weighted by atomic mass is 14.4. The summed E-state index contributed by atoms with van der Waals surface area (Å²) in [7, 11) is 0. The molecule has 2 aliphatic rings. The van der Waals surface area contributed by atoms with Gasteiger partial charge in [-0.3, -0.25) is 0 Å². The molecule has 0 saturated heterocycles. The third-order valence-electron chi connectivity index (χ3n) is 9.94. The van der Waals surface area contributed by atoms with Gasteiger partial charge in [-0.2, -0.15) is 0 Å². The zero-order valence-corrected chi connectivity index (χ0v) is 24.7. The minimum absolute atomic E-state index is 0.0282. The van der Waals surface area contributed by atoms with Crippen LogP contribution in [0, 0.1) is 0 Å². The van der Waals surface area contributed by atoms with Crippen molar-refractivity contribution in [2.24, 2.45) is 0 Å². The summed E-state index contributed by atoms with van der Waals surface area (Å²) in [5.41, 5.74) is 18.8. The van der Waals surface area contributed by atoms with Crippen molar-refractivity contribution in [1.82, 2.24) is 0 Å². The van der Waals surface area contributed by atoms with E-state index in [9.17, 15) is 0 Å². The van der Waals surface area contributed by atoms with Gasteiger partial charge in [0.25, 0.3) is 0 Å². The summed E-state index contributed by atoms with van der Waals surface area (Å²) in [5.74, 6) is 0. The molecule has 0 N–H and O–H groups in total. The fourth-order valence-electron chi connectivity index (χ4n) is 7.86. The van der Waals surface area contributed by atoms with Crippen LogP contribution in [0.3, 0.4) is 0 Å². The predicted molar refractivity (Wildman–Crippen MR) is 178 cm³/mol. The Morgan fingerprint density at radius 1 is 0.262 bits per heavy atom. The zero-order valence-electron chi connectivity index (χ0n) is 24.7. The van der Waals surface area contributed by atoms with Crippen LogP contribution in [0.4, 0.5) is 0 Å². The first-order valence-corrected chi connectivity index (χ1v) is 15.0. The number of hydrogen-bond donors (Lipinski definition) is 0. The highest BCUT2D eigenvalue weighted by Gasteiger charge is 2.38. The molecule has 2 aliphatic carbocycles. The first-order valence-electron chi connectivity index (χ1n) is 15.0. The van der Waals surface area contributed by atoms with Gasteiger partial charge in [-0.15, -0.1) is 0 Å². The van der Waals surface area contributed by atoms with Crippen LogP contribution in [0.1, 0.15) is 49.9 Å². The maximum Gasteiger partial charge on any atom is 0.0159 e. The molecular formula is C42H34. The molecule has 0 unspecified atom stereocenters. The second-order valence-electron chi connectivity index (χ2n) is 12.9. The van der Waals surface area contributed by atoms with E-state index in [1.54, 1.807) is 0 Å². The highest BCUT2D eigenvalue weighted by molar-refractivity contribution is 6.02. The van der Waals surface area contributed by atoms with Crippen LogP contribution in [0.25, 0.3) is 55.6 Å². The van der Waals surface area contributed by atoms with Crippen molar-refractivity contribution < 1.29 is 0 Å². The monoisotopic (exact) mass is 538 g/mol. The Labute approximate surface area is 249 Å². The Morgan fingerprint density at radius 2 is 0.524 bits per heavy atom. The molecule has 6 aromatic rings. The van der Waals surface area contributed by atoms with Crippen molar-refractivity contribution >= 4 is 0 Å². The van der Waals surface area contributed by atoms with E-state index in [0.29, 0.717) is 0 Å². The summed E-state index contributed by atoms with van der Waals surface area (Å²) in [6.45, 7) is 9.44. The number of fused-ring (bicyclic) bond motifs is 6. The van der Waals surface area contributed by atoms with Crippen molar-refractivity contribution in [3.05, 3.63) is 156 Å². The molecule has 0 aliphatic heterocycles. The lowest BCUT2D eigenvalue weighted by Crippen LogP contribution is -2.14. The summed E-state index contributed by atoms with van der Waals surface area (Å²) in [5, 5.41) is 0. The zero-order chi connectivity index (χ0) is 28.6. The average Bonchev–Trinajstić information content (AvgIpc) is 3.41. The summed E-state index contributed by atoms with van der Waals surface area (Å²) in [4.78, 5) is 0. The number of hydrogen-bond acceptors (Lipinski definition) is 0. The standard InChI is InChI=1S/C42H34/c1-41(2)35-23-11-9-19-33(35)39-31(21-13-25-37(39)41)29-17-7-5-15-27(29)28-16-6-8-18-30(28)32-22-14-26-38-40(32)34-20-10-12-24-36(34)42(38,3)4/h5-26H,1-4H3. The summed E-state index contributed by atoms with van der Waals surface area (Å²) in [6.07, 6.45) is 0. The second-order valence-corrected chi connectivity index (χ2v) is 12.9. The third kappa shape index (κ3) is 3.36. The fourth-order valence-corrected chi connectivity index (χ4v) is 7.86. The van der Waals surface area contributed by atoms with Crippen LogP contribution in [0.5, 0.6) is 0 Å². The van der Waals surface area contributed by atoms with Crippen molar-refractivity contribution in [3.63, 3.8) is 0 Å². The van der Waals surface area contributed by atoms with E-state index in [1.165, 1.54) is 77.9 Å². The molecule has 8 rings (SSSR count). The maximum atomic E-state index is 2.36. The molecule has 42 heavy (non-hydrogen) atoms. The molecule has 0 heterocycles. The van der Waals surface area contributed by atoms with Gasteiger partial charge in [-0.1, -0.05) is 161 Å². The van der Waals surface area contributed by atoms with Gasteiger partial charge in [-0.05, 0) is 77.9 Å². The Balaban J connectivity index is 1.38. The molecule has 202 valence electrons. The van der Waals surface area contributed by atoms with Crippen molar-refractivity contribution in [1.29, 1.82) is 0 Å². The first kappa shape index (κ1) is 25.1. The van der Waals surface area contributed by atoms with Gasteiger partial charge >= 0.3 is 0 Å². The quantitative estimate of drug-likeness (QED) is 0.210. The van der Waals surface area contributed by atoms with Crippen molar-refractivity contribution in [2.75, 3.05) is 0 Å². The third-order valence-corrected chi connectivity index (χ3v) is 9.94. The minimum Gasteiger partial charge on any atom is -0.0619 e. The molecule has 6 aromatic carbocycles. The fraction of sp³-hybridized carbons (Fsp3) is 0.143. The smallest absolute Gasteiger partial charge is 0.0159 e. The average molecular weight is 539 g/mol. The van der Waals surface area contributed by atoms with Gasteiger partial charge in [0.1, 0.15) is 0 Å². The molecule has 0 fully saturated rings. The summed E-state index contributed by atoms with van der Waals surface area (Å²) < 4.78 is 0. The van der Waals surface area contributed by atoms with Gasteiger partial charge < -0.3 is 0 Å². The summed E-state index contributed by atoms with van der Waals surface area (Å²) >= 11 is 0. The van der Waals surface area contributed by atoms with E-state index in [1.807, 2.05) is 0 Å². The van der Waals surface area contributed by atoms with Crippen LogP contribution in [0.15, 0.2) is 133 Å². The van der Waals surface area contributed by atoms with E-state index in [-0.39, 0.29) is 10.8 Å². The van der Waals surface area contributed by atoms with E-state index in [4.69, 9.17) is 0 Å². The normalized spacial score (nSPS) is 15.0. The predicted octanol–water partition coefficient (Wildman–Crippen LogP) is 11.3. The molecule has 0 saturated carbocycles. The van der Waals surface area contributed by atoms with Crippen molar-refractivity contribution in [3.8, 4) is 55.6 Å². The SMILES string of the molecule is CC1(C)c2ccccc2-c2c(-c3ccccc3-c3ccccc3-c3cccc4c3-c3ccccc3C4(C)C)cccc21. The number of rotatable bonds is 3. The van der Waals surface area contributed by atoms with Crippen LogP contribution >= 0.6 is 0 Å². The van der Waals surface area contributed by atoms with E-state index >= 15 is 0 Å². The summed E-state index contributed by atoms with van der Waals surface area (Å²) in [6, 6.07) is 49.6. The Morgan fingerprint density at radius 3 is 0.905 bits per heavy atom. The first-order chi connectivity index (χ1) is 20.4. The molecule has 0 atom stereocenters. The lowest BCUT2D eigenvalue weighted by atomic mass is 9.80. The van der Waals surface area contributed by atoms with E-state index in [2.05, 4.69) is 161 Å². The Bertz CT molecular complexity index is 1890.